The van der Waals surface area contributed by atoms with Gasteiger partial charge in [-0.3, -0.25) is 0 Å². The number of hydrogen-bond donors (Lipinski definition) is 0. The van der Waals surface area contributed by atoms with Gasteiger partial charge in [0.15, 0.2) is 0 Å². The van der Waals surface area contributed by atoms with E-state index in [1.807, 2.05) is 12.2 Å². The van der Waals surface area contributed by atoms with Crippen LogP contribution in [0.4, 0.5) is 0 Å². The van der Waals surface area contributed by atoms with Crippen LogP contribution in [0, 0.1) is 0 Å². The van der Waals surface area contributed by atoms with E-state index < -0.39 is 0 Å². The highest BCUT2D eigenvalue weighted by Gasteiger charge is 1.86. The summed E-state index contributed by atoms with van der Waals surface area (Å²) in [4.78, 5) is 0. The van der Waals surface area contributed by atoms with Crippen molar-refractivity contribution in [1.82, 2.24) is 0 Å². The highest BCUT2D eigenvalue weighted by atomic mass is 35.5. The molecule has 0 saturated carbocycles. The highest BCUT2D eigenvalue weighted by molar-refractivity contribution is 6.25. The van der Waals surface area contributed by atoms with Gasteiger partial charge in [-0.15, -0.1) is 6.58 Å². The van der Waals surface area contributed by atoms with Crippen LogP contribution in [0.3, 0.4) is 0 Å². The second kappa shape index (κ2) is 9.77. The van der Waals surface area contributed by atoms with Crippen molar-refractivity contribution in [1.29, 1.82) is 0 Å². The number of unbranched alkanes of at least 4 members (excludes halogenated alkanes) is 5. The molecule has 0 spiro atoms. The van der Waals surface area contributed by atoms with E-state index in [1.54, 1.807) is 5.54 Å². The van der Waals surface area contributed by atoms with Gasteiger partial charge in [-0.25, -0.2) is 0 Å². The lowest BCUT2D eigenvalue weighted by molar-refractivity contribution is 0.653. The molecule has 0 bridgehead atoms. The maximum atomic E-state index is 5.37. The molecule has 0 rings (SSSR count). The second-order valence-corrected chi connectivity index (χ2v) is 2.89. The van der Waals surface area contributed by atoms with E-state index in [9.17, 15) is 0 Å². The molecule has 0 aromatic rings. The molecular weight excluding hydrogens is 156 g/mol. The molecule has 0 heterocycles. The monoisotopic (exact) mass is 172 g/mol. The molecular formula is C10H17Cl. The van der Waals surface area contributed by atoms with Gasteiger partial charge in [-0.1, -0.05) is 36.6 Å². The summed E-state index contributed by atoms with van der Waals surface area (Å²) in [5.74, 6) is 0. The fourth-order valence-corrected chi connectivity index (χ4v) is 1.09. The van der Waals surface area contributed by atoms with Gasteiger partial charge < -0.3 is 0 Å². The van der Waals surface area contributed by atoms with Gasteiger partial charge in [0.05, 0.1) is 0 Å². The zero-order valence-corrected chi connectivity index (χ0v) is 7.82. The zero-order valence-electron chi connectivity index (χ0n) is 7.06. The predicted molar refractivity (Wildman–Crippen MR) is 52.9 cm³/mol. The zero-order chi connectivity index (χ0) is 8.36. The molecule has 1 heteroatoms. The van der Waals surface area contributed by atoms with E-state index >= 15 is 0 Å². The largest absolute Gasteiger partial charge is 0.103 e. The topological polar surface area (TPSA) is 0 Å². The third-order valence-electron chi connectivity index (χ3n) is 1.62. The van der Waals surface area contributed by atoms with Crippen LogP contribution in [0.15, 0.2) is 24.3 Å². The minimum Gasteiger partial charge on any atom is -0.103 e. The Kier molecular flexibility index (Phi) is 9.57. The molecule has 0 atom stereocenters. The van der Waals surface area contributed by atoms with Crippen molar-refractivity contribution in [3.63, 3.8) is 0 Å². The molecule has 0 N–H and O–H groups in total. The van der Waals surface area contributed by atoms with Crippen molar-refractivity contribution in [3.05, 3.63) is 24.3 Å². The lowest BCUT2D eigenvalue weighted by atomic mass is 10.1. The van der Waals surface area contributed by atoms with Gasteiger partial charge in [-0.05, 0) is 25.7 Å². The molecule has 0 nitrogen and oxygen atoms in total. The molecule has 0 saturated heterocycles. The molecule has 0 unspecified atom stereocenters. The quantitative estimate of drug-likeness (QED) is 0.398. The number of hydrogen-bond acceptors (Lipinski definition) is 0. The predicted octanol–water partition coefficient (Wildman–Crippen LogP) is 4.27. The van der Waals surface area contributed by atoms with Crippen molar-refractivity contribution >= 4 is 11.6 Å². The summed E-state index contributed by atoms with van der Waals surface area (Å²) >= 11 is 5.37. The fourth-order valence-electron chi connectivity index (χ4n) is 0.967. The summed E-state index contributed by atoms with van der Waals surface area (Å²) < 4.78 is 0. The lowest BCUT2D eigenvalue weighted by Crippen LogP contribution is -1.75. The summed E-state index contributed by atoms with van der Waals surface area (Å²) in [6.45, 7) is 3.68. The molecule has 0 aliphatic carbocycles. The molecule has 0 aromatic heterocycles. The first kappa shape index (κ1) is 10.8. The number of allylic oxidation sites excluding steroid dienone is 2. The molecule has 0 amide bonds. The maximum Gasteiger partial charge on any atom is 0.000245 e. The third-order valence-corrected chi connectivity index (χ3v) is 1.80. The molecule has 0 aromatic carbocycles. The third kappa shape index (κ3) is 9.77. The summed E-state index contributed by atoms with van der Waals surface area (Å²) in [5, 5.41) is 0. The van der Waals surface area contributed by atoms with Gasteiger partial charge in [0.1, 0.15) is 0 Å². The normalized spacial score (nSPS) is 10.6. The Morgan fingerprint density at radius 3 is 2.18 bits per heavy atom. The van der Waals surface area contributed by atoms with Gasteiger partial charge >= 0.3 is 0 Å². The van der Waals surface area contributed by atoms with E-state index in [4.69, 9.17) is 11.6 Å². The minimum atomic E-state index is 1.12. The van der Waals surface area contributed by atoms with Crippen molar-refractivity contribution in [2.75, 3.05) is 0 Å². The Balaban J connectivity index is 2.84. The summed E-state index contributed by atoms with van der Waals surface area (Å²) in [5.41, 5.74) is 1.60. The highest BCUT2D eigenvalue weighted by Crippen LogP contribution is 2.05. The smallest absolute Gasteiger partial charge is 0.000245 e. The van der Waals surface area contributed by atoms with Crippen LogP contribution in [0.25, 0.3) is 0 Å². The first-order valence-corrected chi connectivity index (χ1v) is 4.71. The average Bonchev–Trinajstić information content (AvgIpc) is 2.03. The lowest BCUT2D eigenvalue weighted by Gasteiger charge is -1.95. The van der Waals surface area contributed by atoms with Crippen LogP contribution in [-0.4, -0.2) is 0 Å². The number of halogens is 1. The Hall–Kier alpha value is -0.230. The van der Waals surface area contributed by atoms with Crippen molar-refractivity contribution in [3.8, 4) is 0 Å². The molecule has 0 aliphatic heterocycles. The van der Waals surface area contributed by atoms with Gasteiger partial charge in [-0.2, -0.15) is 0 Å². The van der Waals surface area contributed by atoms with Crippen molar-refractivity contribution in [2.24, 2.45) is 0 Å². The van der Waals surface area contributed by atoms with Crippen molar-refractivity contribution in [2.45, 2.75) is 38.5 Å². The molecule has 0 aliphatic rings. The van der Waals surface area contributed by atoms with E-state index in [1.165, 1.54) is 25.7 Å². The van der Waals surface area contributed by atoms with E-state index in [-0.39, 0.29) is 0 Å². The summed E-state index contributed by atoms with van der Waals surface area (Å²) in [6.07, 6.45) is 11.5. The van der Waals surface area contributed by atoms with Gasteiger partial charge in [0.25, 0.3) is 0 Å². The van der Waals surface area contributed by atoms with Crippen LogP contribution in [0.2, 0.25) is 0 Å². The Bertz CT molecular complexity index is 105. The first-order chi connectivity index (χ1) is 5.41. The SMILES string of the molecule is C=CCCCCCC/C=C/Cl. The van der Waals surface area contributed by atoms with Gasteiger partial charge in [0, 0.05) is 5.54 Å². The Morgan fingerprint density at radius 2 is 1.64 bits per heavy atom. The Labute approximate surface area is 74.9 Å². The van der Waals surface area contributed by atoms with E-state index in [0.29, 0.717) is 0 Å². The minimum absolute atomic E-state index is 1.12. The van der Waals surface area contributed by atoms with Crippen molar-refractivity contribution < 1.29 is 0 Å². The fraction of sp³-hybridized carbons (Fsp3) is 0.600. The van der Waals surface area contributed by atoms with Crippen LogP contribution in [0.5, 0.6) is 0 Å². The first-order valence-electron chi connectivity index (χ1n) is 4.28. The molecule has 11 heavy (non-hydrogen) atoms. The van der Waals surface area contributed by atoms with Crippen LogP contribution in [-0.2, 0) is 0 Å². The molecule has 0 radical (unpaired) electrons. The molecule has 64 valence electrons. The van der Waals surface area contributed by atoms with Gasteiger partial charge in [0.2, 0.25) is 0 Å². The second-order valence-electron chi connectivity index (χ2n) is 2.64. The standard InChI is InChI=1S/C10H17Cl/c1-2-3-4-5-6-7-8-9-10-11/h2,9-10H,1,3-8H2/b10-9+. The summed E-state index contributed by atoms with van der Waals surface area (Å²) in [7, 11) is 0. The average molecular weight is 173 g/mol. The van der Waals surface area contributed by atoms with E-state index in [0.717, 1.165) is 12.8 Å². The summed E-state index contributed by atoms with van der Waals surface area (Å²) in [6, 6.07) is 0. The van der Waals surface area contributed by atoms with Crippen LogP contribution >= 0.6 is 11.6 Å². The Morgan fingerprint density at radius 1 is 1.00 bits per heavy atom. The molecule has 0 fully saturated rings. The maximum absolute atomic E-state index is 5.37. The van der Waals surface area contributed by atoms with E-state index in [2.05, 4.69) is 6.58 Å². The van der Waals surface area contributed by atoms with Crippen LogP contribution in [0.1, 0.15) is 38.5 Å². The number of rotatable bonds is 7. The van der Waals surface area contributed by atoms with Crippen LogP contribution < -0.4 is 0 Å².